The minimum absolute atomic E-state index is 0.169. The predicted molar refractivity (Wildman–Crippen MR) is 168 cm³/mol. The Morgan fingerprint density at radius 3 is 1.71 bits per heavy atom. The van der Waals surface area contributed by atoms with Crippen molar-refractivity contribution in [1.29, 1.82) is 0 Å². The lowest BCUT2D eigenvalue weighted by atomic mass is 10.3. The highest BCUT2D eigenvalue weighted by atomic mass is 32.2. The quantitative estimate of drug-likeness (QED) is 0.207. The molecule has 6 aromatic rings. The number of oxazole rings is 2. The van der Waals surface area contributed by atoms with Crippen LogP contribution in [-0.2, 0) is 10.8 Å². The molecule has 4 heterocycles. The molecule has 2 aromatic carbocycles. The molecule has 2 N–H and O–H groups in total. The molecule has 2 amide bonds. The van der Waals surface area contributed by atoms with Crippen molar-refractivity contribution in [2.75, 3.05) is 26.6 Å². The van der Waals surface area contributed by atoms with Crippen LogP contribution in [0.3, 0.4) is 0 Å². The van der Waals surface area contributed by atoms with Gasteiger partial charge in [-0.25, -0.2) is 14.2 Å². The normalized spacial score (nSPS) is 11.4. The molecule has 13 nitrogen and oxygen atoms in total. The van der Waals surface area contributed by atoms with E-state index in [-0.39, 0.29) is 22.7 Å². The summed E-state index contributed by atoms with van der Waals surface area (Å²) >= 11 is 1.44. The number of rotatable bonds is 8. The summed E-state index contributed by atoms with van der Waals surface area (Å²) in [5.41, 5.74) is 3.07. The number of thioether (sulfide) groups is 1. The van der Waals surface area contributed by atoms with E-state index < -0.39 is 10.8 Å². The van der Waals surface area contributed by atoms with E-state index in [4.69, 9.17) is 18.3 Å². The van der Waals surface area contributed by atoms with Crippen molar-refractivity contribution in [2.45, 2.75) is 10.4 Å². The number of nitrogens with one attached hydrogen (secondary N) is 2. The average molecular weight is 647 g/mol. The fourth-order valence-electron chi connectivity index (χ4n) is 3.83. The third kappa shape index (κ3) is 7.63. The number of carbonyl (C=O) groups is 2. The molecule has 0 saturated heterocycles. The smallest absolute Gasteiger partial charge is 0.287 e. The molecule has 0 aliphatic rings. The summed E-state index contributed by atoms with van der Waals surface area (Å²) in [4.78, 5) is 39.5. The Morgan fingerprint density at radius 2 is 1.22 bits per heavy atom. The molecule has 0 fully saturated rings. The number of ether oxygens (including phenoxy) is 2. The van der Waals surface area contributed by atoms with Crippen LogP contribution < -0.4 is 20.1 Å². The molecule has 0 spiro atoms. The zero-order valence-corrected chi connectivity index (χ0v) is 26.0. The monoisotopic (exact) mass is 646 g/mol. The van der Waals surface area contributed by atoms with E-state index in [1.54, 1.807) is 55.6 Å². The van der Waals surface area contributed by atoms with Crippen LogP contribution in [-0.4, -0.2) is 62.6 Å². The molecule has 0 bridgehead atoms. The van der Waals surface area contributed by atoms with Gasteiger partial charge < -0.3 is 28.9 Å². The summed E-state index contributed by atoms with van der Waals surface area (Å²) < 4.78 is 33.8. The van der Waals surface area contributed by atoms with Crippen LogP contribution in [0.2, 0.25) is 0 Å². The largest absolute Gasteiger partial charge is 0.457 e. The summed E-state index contributed by atoms with van der Waals surface area (Å²) in [5.74, 6) is 1.55. The van der Waals surface area contributed by atoms with Crippen molar-refractivity contribution >= 4 is 56.6 Å². The Labute approximate surface area is 263 Å². The Morgan fingerprint density at radius 1 is 0.733 bits per heavy atom. The number of carbonyl (C=O) groups excluding carboxylic acids is 2. The van der Waals surface area contributed by atoms with Gasteiger partial charge in [0.1, 0.15) is 56.2 Å². The second kappa shape index (κ2) is 14.0. The second-order valence-corrected chi connectivity index (χ2v) is 11.0. The van der Waals surface area contributed by atoms with Crippen LogP contribution in [0.25, 0.3) is 22.2 Å². The predicted octanol–water partition coefficient (Wildman–Crippen LogP) is 5.21. The van der Waals surface area contributed by atoms with E-state index in [2.05, 4.69) is 30.6 Å². The van der Waals surface area contributed by atoms with Crippen LogP contribution >= 0.6 is 11.8 Å². The molecule has 0 aliphatic carbocycles. The third-order valence-corrected chi connectivity index (χ3v) is 7.14. The molecule has 45 heavy (non-hydrogen) atoms. The van der Waals surface area contributed by atoms with Crippen LogP contribution in [0.1, 0.15) is 21.0 Å². The van der Waals surface area contributed by atoms with Gasteiger partial charge in [0.2, 0.25) is 0 Å². The molecule has 0 aliphatic heterocycles. The molecule has 4 aromatic heterocycles. The van der Waals surface area contributed by atoms with Gasteiger partial charge in [-0.2, -0.15) is 0 Å². The Balaban J connectivity index is 0.000000178. The van der Waals surface area contributed by atoms with Crippen molar-refractivity contribution in [3.63, 3.8) is 0 Å². The maximum atomic E-state index is 11.6. The highest BCUT2D eigenvalue weighted by Gasteiger charge is 2.12. The van der Waals surface area contributed by atoms with Gasteiger partial charge in [-0.3, -0.25) is 19.6 Å². The van der Waals surface area contributed by atoms with Crippen LogP contribution in [0.4, 0.5) is 0 Å². The summed E-state index contributed by atoms with van der Waals surface area (Å²) in [6.45, 7) is 0. The Hall–Kier alpha value is -5.28. The highest BCUT2D eigenvalue weighted by molar-refractivity contribution is 7.98. The Kier molecular flexibility index (Phi) is 9.70. The number of amides is 2. The summed E-state index contributed by atoms with van der Waals surface area (Å²) in [5, 5.41) is 5.80. The second-order valence-electron chi connectivity index (χ2n) is 8.99. The maximum absolute atomic E-state index is 11.6. The Bertz CT molecular complexity index is 2030. The number of aromatic nitrogens is 4. The first-order chi connectivity index (χ1) is 21.8. The van der Waals surface area contributed by atoms with Crippen molar-refractivity contribution in [2.24, 2.45) is 0 Å². The van der Waals surface area contributed by atoms with Gasteiger partial charge >= 0.3 is 0 Å². The van der Waals surface area contributed by atoms with Gasteiger partial charge in [-0.15, -0.1) is 0 Å². The van der Waals surface area contributed by atoms with E-state index in [0.717, 1.165) is 5.52 Å². The van der Waals surface area contributed by atoms with E-state index in [1.165, 1.54) is 43.5 Å². The van der Waals surface area contributed by atoms with E-state index in [1.807, 2.05) is 12.3 Å². The van der Waals surface area contributed by atoms with E-state index in [9.17, 15) is 13.8 Å². The van der Waals surface area contributed by atoms with Gasteiger partial charge in [0, 0.05) is 57.0 Å². The molecule has 1 atom stereocenters. The molecule has 6 rings (SSSR count). The fraction of sp³-hybridized carbons (Fsp3) is 0.133. The highest BCUT2D eigenvalue weighted by Crippen LogP contribution is 2.29. The van der Waals surface area contributed by atoms with Gasteiger partial charge in [-0.1, -0.05) is 11.8 Å². The summed E-state index contributed by atoms with van der Waals surface area (Å²) in [6, 6.07) is 16.9. The zero-order valence-electron chi connectivity index (χ0n) is 24.4. The first-order valence-electron chi connectivity index (χ1n) is 13.2. The van der Waals surface area contributed by atoms with Crippen molar-refractivity contribution in [3.05, 3.63) is 84.4 Å². The van der Waals surface area contributed by atoms with Crippen LogP contribution in [0, 0.1) is 0 Å². The number of fused-ring (bicyclic) bond motifs is 2. The van der Waals surface area contributed by atoms with Crippen molar-refractivity contribution in [3.8, 4) is 23.0 Å². The fourth-order valence-corrected chi connectivity index (χ4v) is 4.63. The maximum Gasteiger partial charge on any atom is 0.287 e. The van der Waals surface area contributed by atoms with Crippen LogP contribution in [0.5, 0.6) is 23.0 Å². The van der Waals surface area contributed by atoms with Crippen molar-refractivity contribution in [1.82, 2.24) is 30.6 Å². The van der Waals surface area contributed by atoms with Gasteiger partial charge in [0.05, 0.1) is 0 Å². The van der Waals surface area contributed by atoms with E-state index in [0.29, 0.717) is 50.6 Å². The summed E-state index contributed by atoms with van der Waals surface area (Å²) in [6.07, 6.45) is 6.42. The summed E-state index contributed by atoms with van der Waals surface area (Å²) in [7, 11) is 1.80. The SMILES string of the molecule is CNC(=O)c1cc(Oc2ccc3nc(S(C)=O)oc3c2)ccn1.CNC(=O)c1cc(Oc2ccc3nc(SC)oc3c2)ccn1. The number of hydrogen-bond donors (Lipinski definition) is 2. The standard InChI is InChI=1S/C15H13N3O4S.C15H13N3O3S/c1-16-14(19)12-7-10(5-6-17-12)21-9-3-4-11-13(8-9)22-15(18-11)23(2)20;1-16-14(19)12-7-10(5-6-17-12)20-9-3-4-11-13(8-9)21-15(18-11)22-2/h3-8H,1-2H3,(H,16,19);3-8H,1-2H3,(H,16,19). The molecular formula is C30H26N6O7S2. The number of pyridine rings is 2. The lowest BCUT2D eigenvalue weighted by Gasteiger charge is -2.06. The molecule has 0 radical (unpaired) electrons. The van der Waals surface area contributed by atoms with Crippen LogP contribution in [0.15, 0.2) is 92.3 Å². The minimum Gasteiger partial charge on any atom is -0.457 e. The molecule has 230 valence electrons. The zero-order chi connectivity index (χ0) is 31.9. The number of benzene rings is 2. The lowest BCUT2D eigenvalue weighted by molar-refractivity contribution is 0.0950. The molecule has 0 saturated carbocycles. The first kappa shape index (κ1) is 31.2. The topological polar surface area (TPSA) is 172 Å². The van der Waals surface area contributed by atoms with Gasteiger partial charge in [0.15, 0.2) is 11.2 Å². The van der Waals surface area contributed by atoms with Crippen molar-refractivity contribution < 1.29 is 32.1 Å². The first-order valence-corrected chi connectivity index (χ1v) is 15.9. The average Bonchev–Trinajstić information content (AvgIpc) is 3.68. The number of nitrogens with zero attached hydrogens (tertiary/aromatic N) is 4. The minimum atomic E-state index is -1.29. The molecular weight excluding hydrogens is 620 g/mol. The van der Waals surface area contributed by atoms with Gasteiger partial charge in [-0.05, 0) is 42.7 Å². The van der Waals surface area contributed by atoms with Gasteiger partial charge in [0.25, 0.3) is 22.3 Å². The third-order valence-electron chi connectivity index (χ3n) is 5.95. The number of hydrogen-bond acceptors (Lipinski definition) is 12. The van der Waals surface area contributed by atoms with E-state index >= 15 is 0 Å². The molecule has 15 heteroatoms. The lowest BCUT2D eigenvalue weighted by Crippen LogP contribution is -2.18. The molecule has 1 unspecified atom stereocenters.